The van der Waals surface area contributed by atoms with Crippen LogP contribution < -0.4 is 0 Å². The Kier molecular flexibility index (Phi) is 2.22. The molecule has 0 aromatic rings. The Labute approximate surface area is 71.3 Å². The zero-order chi connectivity index (χ0) is 9.19. The number of ether oxygens (including phenoxy) is 1. The van der Waals surface area contributed by atoms with Crippen molar-refractivity contribution < 1.29 is 14.6 Å². The highest BCUT2D eigenvalue weighted by Gasteiger charge is 2.36. The Hall–Kier alpha value is -1.25. The van der Waals surface area contributed by atoms with Crippen molar-refractivity contribution in [2.45, 2.75) is 13.3 Å². The molecular weight excluding hydrogens is 156 g/mol. The van der Waals surface area contributed by atoms with Crippen LogP contribution in [0.1, 0.15) is 13.3 Å². The zero-order valence-electron chi connectivity index (χ0n) is 7.20. The Morgan fingerprint density at radius 3 is 2.83 bits per heavy atom. The van der Waals surface area contributed by atoms with Crippen LogP contribution in [0.4, 0.5) is 0 Å². The highest BCUT2D eigenvalue weighted by molar-refractivity contribution is 5.80. The molecule has 0 aromatic heterocycles. The molecule has 0 aromatic carbocycles. The molecule has 1 aliphatic rings. The van der Waals surface area contributed by atoms with E-state index in [2.05, 4.69) is 0 Å². The molecule has 0 aliphatic heterocycles. The van der Waals surface area contributed by atoms with Crippen LogP contribution in [0, 0.1) is 5.41 Å². The maximum absolute atomic E-state index is 10.9. The normalized spacial score (nSPS) is 28.0. The molecule has 1 N–H and O–H groups in total. The summed E-state index contributed by atoms with van der Waals surface area (Å²) in [6, 6.07) is 0. The van der Waals surface area contributed by atoms with E-state index in [1.165, 1.54) is 7.11 Å². The summed E-state index contributed by atoms with van der Waals surface area (Å²) in [5, 5.41) is 8.93. The van der Waals surface area contributed by atoms with Crippen molar-refractivity contribution in [3.8, 4) is 0 Å². The molecule has 0 saturated heterocycles. The molecule has 1 aliphatic carbocycles. The summed E-state index contributed by atoms with van der Waals surface area (Å²) in [5.74, 6) is -0.371. The maximum Gasteiger partial charge on any atom is 0.320 e. The molecule has 0 bridgehead atoms. The minimum atomic E-state index is -0.979. The van der Waals surface area contributed by atoms with Gasteiger partial charge in [-0.2, -0.15) is 0 Å². The second-order valence-corrected chi connectivity index (χ2v) is 2.92. The van der Waals surface area contributed by atoms with Crippen molar-refractivity contribution in [2.24, 2.45) is 5.41 Å². The van der Waals surface area contributed by atoms with E-state index in [9.17, 15) is 4.79 Å². The first-order valence-electron chi connectivity index (χ1n) is 3.77. The number of rotatable bonds is 2. The van der Waals surface area contributed by atoms with Crippen LogP contribution in [0.2, 0.25) is 0 Å². The summed E-state index contributed by atoms with van der Waals surface area (Å²) in [7, 11) is 1.49. The van der Waals surface area contributed by atoms with E-state index in [1.807, 2.05) is 6.08 Å². The molecule has 3 nitrogen and oxygen atoms in total. The minimum absolute atomic E-state index is 0.512. The Morgan fingerprint density at radius 2 is 2.42 bits per heavy atom. The molecule has 0 radical (unpaired) electrons. The van der Waals surface area contributed by atoms with E-state index in [0.717, 1.165) is 6.42 Å². The molecule has 0 heterocycles. The Balaban J connectivity index is 3.00. The molecule has 0 unspecified atom stereocenters. The lowest BCUT2D eigenvalue weighted by Gasteiger charge is -2.25. The quantitative estimate of drug-likeness (QED) is 0.636. The van der Waals surface area contributed by atoms with Crippen molar-refractivity contribution in [3.63, 3.8) is 0 Å². The van der Waals surface area contributed by atoms with Crippen molar-refractivity contribution in [1.82, 2.24) is 0 Å². The van der Waals surface area contributed by atoms with Crippen LogP contribution in [0.15, 0.2) is 24.0 Å². The van der Waals surface area contributed by atoms with Gasteiger partial charge in [0.1, 0.15) is 11.2 Å². The largest absolute Gasteiger partial charge is 0.500 e. The number of hydrogen-bond donors (Lipinski definition) is 1. The molecule has 3 heteroatoms. The lowest BCUT2D eigenvalue weighted by molar-refractivity contribution is -0.144. The number of carbonyl (C=O) groups is 1. The SMILES string of the molecule is COC1=CCC=C[C@]1(C)C(=O)O. The standard InChI is InChI=1S/C9H12O3/c1-9(8(10)11)6-4-3-5-7(9)12-2/h4-6H,3H2,1-2H3,(H,10,11)/t9-/m0/s1. The van der Waals surface area contributed by atoms with Gasteiger partial charge in [0, 0.05) is 0 Å². The maximum atomic E-state index is 10.9. The van der Waals surface area contributed by atoms with Gasteiger partial charge in [-0.05, 0) is 19.4 Å². The Bertz CT molecular complexity index is 252. The molecule has 0 saturated carbocycles. The lowest BCUT2D eigenvalue weighted by atomic mass is 9.84. The Morgan fingerprint density at radius 1 is 1.75 bits per heavy atom. The van der Waals surface area contributed by atoms with Crippen LogP contribution >= 0.6 is 0 Å². The minimum Gasteiger partial charge on any atom is -0.500 e. The van der Waals surface area contributed by atoms with Crippen LogP contribution in [0.25, 0.3) is 0 Å². The molecule has 0 spiro atoms. The van der Waals surface area contributed by atoms with Crippen molar-refractivity contribution in [3.05, 3.63) is 24.0 Å². The molecule has 0 fully saturated rings. The van der Waals surface area contributed by atoms with E-state index in [0.29, 0.717) is 5.76 Å². The van der Waals surface area contributed by atoms with E-state index < -0.39 is 11.4 Å². The van der Waals surface area contributed by atoms with Gasteiger partial charge in [0.05, 0.1) is 7.11 Å². The highest BCUT2D eigenvalue weighted by atomic mass is 16.5. The van der Waals surface area contributed by atoms with Gasteiger partial charge in [-0.3, -0.25) is 4.79 Å². The third kappa shape index (κ3) is 1.22. The van der Waals surface area contributed by atoms with Crippen LogP contribution in [0.5, 0.6) is 0 Å². The number of aliphatic carboxylic acids is 1. The van der Waals surface area contributed by atoms with Gasteiger partial charge in [0.2, 0.25) is 0 Å². The molecule has 66 valence electrons. The summed E-state index contributed by atoms with van der Waals surface area (Å²) in [6.45, 7) is 1.63. The number of carboxylic acids is 1. The highest BCUT2D eigenvalue weighted by Crippen LogP contribution is 2.32. The van der Waals surface area contributed by atoms with Crippen molar-refractivity contribution in [2.75, 3.05) is 7.11 Å². The average Bonchev–Trinajstić information content (AvgIpc) is 2.05. The summed E-state index contributed by atoms with van der Waals surface area (Å²) >= 11 is 0. The fraction of sp³-hybridized carbons (Fsp3) is 0.444. The second-order valence-electron chi connectivity index (χ2n) is 2.92. The van der Waals surface area contributed by atoms with Crippen LogP contribution in [0.3, 0.4) is 0 Å². The first-order valence-corrected chi connectivity index (χ1v) is 3.77. The summed E-state index contributed by atoms with van der Waals surface area (Å²) in [6.07, 6.45) is 6.02. The third-order valence-corrected chi connectivity index (χ3v) is 2.07. The van der Waals surface area contributed by atoms with Gasteiger partial charge in [0.15, 0.2) is 0 Å². The van der Waals surface area contributed by atoms with Gasteiger partial charge >= 0.3 is 5.97 Å². The smallest absolute Gasteiger partial charge is 0.320 e. The predicted octanol–water partition coefficient (Wildman–Crippen LogP) is 1.57. The van der Waals surface area contributed by atoms with Gasteiger partial charge in [-0.15, -0.1) is 0 Å². The summed E-state index contributed by atoms with van der Waals surface area (Å²) in [5.41, 5.74) is -0.979. The fourth-order valence-electron chi connectivity index (χ4n) is 1.25. The van der Waals surface area contributed by atoms with E-state index in [4.69, 9.17) is 9.84 Å². The van der Waals surface area contributed by atoms with E-state index in [1.54, 1.807) is 19.1 Å². The third-order valence-electron chi connectivity index (χ3n) is 2.07. The van der Waals surface area contributed by atoms with Gasteiger partial charge in [0.25, 0.3) is 0 Å². The van der Waals surface area contributed by atoms with Gasteiger partial charge < -0.3 is 9.84 Å². The first kappa shape index (κ1) is 8.84. The summed E-state index contributed by atoms with van der Waals surface area (Å²) < 4.78 is 5.00. The molecule has 1 rings (SSSR count). The van der Waals surface area contributed by atoms with Crippen molar-refractivity contribution >= 4 is 5.97 Å². The van der Waals surface area contributed by atoms with Crippen LogP contribution in [-0.2, 0) is 9.53 Å². The topological polar surface area (TPSA) is 46.5 Å². The molecule has 1 atom stereocenters. The monoisotopic (exact) mass is 168 g/mol. The lowest BCUT2D eigenvalue weighted by Crippen LogP contribution is -2.29. The molecule has 12 heavy (non-hydrogen) atoms. The second kappa shape index (κ2) is 3.01. The van der Waals surface area contributed by atoms with E-state index >= 15 is 0 Å². The first-order chi connectivity index (χ1) is 5.61. The molecule has 0 amide bonds. The number of hydrogen-bond acceptors (Lipinski definition) is 2. The number of carboxylic acid groups (broad SMARTS) is 1. The molecular formula is C9H12O3. The number of methoxy groups -OCH3 is 1. The number of allylic oxidation sites excluding steroid dienone is 2. The van der Waals surface area contributed by atoms with Crippen molar-refractivity contribution in [1.29, 1.82) is 0 Å². The zero-order valence-corrected chi connectivity index (χ0v) is 7.20. The van der Waals surface area contributed by atoms with Gasteiger partial charge in [-0.25, -0.2) is 0 Å². The summed E-state index contributed by atoms with van der Waals surface area (Å²) in [4.78, 5) is 10.9. The van der Waals surface area contributed by atoms with E-state index in [-0.39, 0.29) is 0 Å². The average molecular weight is 168 g/mol. The fourth-order valence-corrected chi connectivity index (χ4v) is 1.25. The van der Waals surface area contributed by atoms with Crippen LogP contribution in [-0.4, -0.2) is 18.2 Å². The van der Waals surface area contributed by atoms with Gasteiger partial charge in [-0.1, -0.05) is 12.2 Å². The predicted molar refractivity (Wildman–Crippen MR) is 44.6 cm³/mol.